The Kier molecular flexibility index (Phi) is 7.06. The Hall–Kier alpha value is -4.84. The number of carbonyl (C=O) groups excluding carboxylic acids is 1. The van der Waals surface area contributed by atoms with E-state index in [0.29, 0.717) is 28.6 Å². The molecular weight excluding hydrogens is 551 g/mol. The van der Waals surface area contributed by atoms with Crippen molar-refractivity contribution in [1.82, 2.24) is 30.0 Å². The van der Waals surface area contributed by atoms with E-state index in [-0.39, 0.29) is 16.6 Å². The summed E-state index contributed by atoms with van der Waals surface area (Å²) in [5, 5.41) is 32.0. The summed E-state index contributed by atoms with van der Waals surface area (Å²) in [7, 11) is 1.30. The average Bonchev–Trinajstić information content (AvgIpc) is 3.39. The fraction of sp³-hybridized carbons (Fsp3) is 0.214. The van der Waals surface area contributed by atoms with Gasteiger partial charge >= 0.3 is 6.09 Å². The molecule has 1 unspecified atom stereocenters. The van der Waals surface area contributed by atoms with Crippen LogP contribution in [0.25, 0.3) is 27.9 Å². The summed E-state index contributed by atoms with van der Waals surface area (Å²) in [4.78, 5) is 11.5. The topological polar surface area (TPSA) is 127 Å². The highest BCUT2D eigenvalue weighted by molar-refractivity contribution is 6.30. The minimum Gasteiger partial charge on any atom is -0.618 e. The maximum absolute atomic E-state index is 15.2. The second-order valence-electron chi connectivity index (χ2n) is 9.80. The van der Waals surface area contributed by atoms with Crippen molar-refractivity contribution in [1.29, 1.82) is 0 Å². The summed E-state index contributed by atoms with van der Waals surface area (Å²) in [5.74, 6) is -0.106. The molecular formula is C28H24ClFN8O3. The number of rotatable bonds is 8. The lowest BCUT2D eigenvalue weighted by Gasteiger charge is -2.18. The van der Waals surface area contributed by atoms with Crippen LogP contribution in [0.3, 0.4) is 0 Å². The number of nitrogens with one attached hydrogen (secondary N) is 1. The van der Waals surface area contributed by atoms with E-state index in [2.05, 4.69) is 30.7 Å². The quantitative estimate of drug-likeness (QED) is 0.200. The summed E-state index contributed by atoms with van der Waals surface area (Å²) in [6, 6.07) is 13.1. The van der Waals surface area contributed by atoms with Crippen LogP contribution in [0.15, 0.2) is 73.4 Å². The number of ether oxygens (including phenoxy) is 1. The number of nitrogens with zero attached hydrogens (tertiary/aromatic N) is 7. The van der Waals surface area contributed by atoms with Gasteiger partial charge in [0, 0.05) is 34.1 Å². The van der Waals surface area contributed by atoms with Gasteiger partial charge in [0.2, 0.25) is 5.69 Å². The molecule has 13 heteroatoms. The Balaban J connectivity index is 1.32. The predicted octanol–water partition coefficient (Wildman–Crippen LogP) is 5.19. The van der Waals surface area contributed by atoms with E-state index in [1.165, 1.54) is 30.4 Å². The highest BCUT2D eigenvalue weighted by Gasteiger charge is 2.32. The van der Waals surface area contributed by atoms with Gasteiger partial charge in [0.15, 0.2) is 6.20 Å². The maximum atomic E-state index is 15.2. The highest BCUT2D eigenvalue weighted by atomic mass is 35.5. The van der Waals surface area contributed by atoms with Crippen molar-refractivity contribution < 1.29 is 18.7 Å². The lowest BCUT2D eigenvalue weighted by molar-refractivity contribution is -0.615. The van der Waals surface area contributed by atoms with Crippen LogP contribution in [-0.2, 0) is 4.74 Å². The molecule has 0 bridgehead atoms. The van der Waals surface area contributed by atoms with Gasteiger partial charge in [-0.25, -0.2) is 9.18 Å². The molecule has 6 rings (SSSR count). The smallest absolute Gasteiger partial charge is 0.411 e. The monoisotopic (exact) mass is 574 g/mol. The number of benzene rings is 2. The van der Waals surface area contributed by atoms with Crippen molar-refractivity contribution in [2.75, 3.05) is 12.4 Å². The third-order valence-corrected chi connectivity index (χ3v) is 7.25. The number of aromatic nitrogens is 7. The highest BCUT2D eigenvalue weighted by Crippen LogP contribution is 2.39. The van der Waals surface area contributed by atoms with Crippen LogP contribution in [0.4, 0.5) is 14.9 Å². The van der Waals surface area contributed by atoms with Gasteiger partial charge in [0.25, 0.3) is 0 Å². The van der Waals surface area contributed by atoms with Gasteiger partial charge in [-0.05, 0) is 58.7 Å². The van der Waals surface area contributed by atoms with Gasteiger partial charge in [-0.2, -0.15) is 14.5 Å². The molecule has 1 fully saturated rings. The standard InChI is InChI=1S/C28H24ClFN8O3/c1-41-28(39)33-22-7-4-18(5-8-22)20-13-32-36(14-20)25(10-17-2-3-17)24-9-6-19(15-38(24)40)27-23(30)11-21(29)12-26(27)37-16-31-34-35-37/h4-9,11-17,25H,2-3,10H2,1H3,(H,33,39). The van der Waals surface area contributed by atoms with Crippen molar-refractivity contribution in [3.63, 3.8) is 0 Å². The van der Waals surface area contributed by atoms with E-state index < -0.39 is 11.9 Å². The van der Waals surface area contributed by atoms with E-state index in [9.17, 15) is 10.0 Å². The fourth-order valence-electron chi connectivity index (χ4n) is 4.80. The number of carbonyl (C=O) groups is 1. The van der Waals surface area contributed by atoms with Crippen LogP contribution in [0.1, 0.15) is 31.0 Å². The molecule has 1 aliphatic carbocycles. The van der Waals surface area contributed by atoms with Crippen LogP contribution >= 0.6 is 11.6 Å². The molecule has 41 heavy (non-hydrogen) atoms. The number of methoxy groups -OCH3 is 1. The summed E-state index contributed by atoms with van der Waals surface area (Å²) in [6.45, 7) is 0. The Morgan fingerprint density at radius 3 is 2.66 bits per heavy atom. The first kappa shape index (κ1) is 26.4. The minimum atomic E-state index is -0.602. The van der Waals surface area contributed by atoms with Crippen LogP contribution in [-0.4, -0.2) is 43.2 Å². The normalized spacial score (nSPS) is 13.6. The molecule has 0 radical (unpaired) electrons. The first-order valence-electron chi connectivity index (χ1n) is 12.8. The summed E-state index contributed by atoms with van der Waals surface area (Å²) < 4.78 is 23.7. The number of tetrazole rings is 1. The molecule has 2 aromatic carbocycles. The SMILES string of the molecule is COC(=O)Nc1ccc(-c2cnn(C(CC3CC3)c3ccc(-c4c(F)cc(Cl)cc4-n4cnnn4)c[n+]3[O-])c2)cc1. The number of anilines is 1. The fourth-order valence-corrected chi connectivity index (χ4v) is 5.00. The number of halogens is 2. The average molecular weight is 575 g/mol. The van der Waals surface area contributed by atoms with Gasteiger partial charge in [0.1, 0.15) is 18.2 Å². The van der Waals surface area contributed by atoms with Crippen LogP contribution in [0.2, 0.25) is 5.02 Å². The molecule has 11 nitrogen and oxygen atoms in total. The molecule has 3 heterocycles. The third kappa shape index (κ3) is 5.59. The van der Waals surface area contributed by atoms with Crippen LogP contribution in [0, 0.1) is 16.9 Å². The van der Waals surface area contributed by atoms with Crippen molar-refractivity contribution in [3.05, 3.63) is 95.2 Å². The minimum absolute atomic E-state index is 0.156. The Bertz CT molecular complexity index is 1700. The Labute approximate surface area is 238 Å². The third-order valence-electron chi connectivity index (χ3n) is 7.03. The molecule has 1 N–H and O–H groups in total. The zero-order chi connectivity index (χ0) is 28.5. The molecule has 0 aliphatic heterocycles. The Morgan fingerprint density at radius 2 is 1.98 bits per heavy atom. The largest absolute Gasteiger partial charge is 0.618 e. The molecule has 1 aliphatic rings. The van der Waals surface area contributed by atoms with Gasteiger partial charge in [-0.15, -0.1) is 5.10 Å². The first-order valence-corrected chi connectivity index (χ1v) is 13.2. The number of hydrogen-bond acceptors (Lipinski definition) is 7. The van der Waals surface area contributed by atoms with Gasteiger partial charge < -0.3 is 9.94 Å². The number of amides is 1. The second-order valence-corrected chi connectivity index (χ2v) is 10.2. The van der Waals surface area contributed by atoms with Crippen molar-refractivity contribution in [2.24, 2.45) is 5.92 Å². The molecule has 3 aromatic heterocycles. The van der Waals surface area contributed by atoms with Crippen molar-refractivity contribution in [3.8, 4) is 27.9 Å². The lowest BCUT2D eigenvalue weighted by atomic mass is 10.0. The van der Waals surface area contributed by atoms with Gasteiger partial charge in [-0.1, -0.05) is 36.6 Å². The van der Waals surface area contributed by atoms with Crippen LogP contribution < -0.4 is 10.0 Å². The summed E-state index contributed by atoms with van der Waals surface area (Å²) in [5.41, 5.74) is 3.68. The molecule has 1 saturated carbocycles. The maximum Gasteiger partial charge on any atom is 0.411 e. The summed E-state index contributed by atoms with van der Waals surface area (Å²) in [6.07, 6.45) is 8.73. The zero-order valence-electron chi connectivity index (χ0n) is 21.8. The Morgan fingerprint density at radius 1 is 1.20 bits per heavy atom. The molecule has 0 saturated heterocycles. The number of hydrogen-bond donors (Lipinski definition) is 1. The van der Waals surface area contributed by atoms with Crippen LogP contribution in [0.5, 0.6) is 0 Å². The van der Waals surface area contributed by atoms with E-state index in [0.717, 1.165) is 35.1 Å². The van der Waals surface area contributed by atoms with Crippen molar-refractivity contribution >= 4 is 23.4 Å². The molecule has 5 aromatic rings. The summed E-state index contributed by atoms with van der Waals surface area (Å²) >= 11 is 6.11. The predicted molar refractivity (Wildman–Crippen MR) is 148 cm³/mol. The van der Waals surface area contributed by atoms with Gasteiger partial charge in [-0.3, -0.25) is 10.00 Å². The van der Waals surface area contributed by atoms with E-state index in [1.54, 1.807) is 41.2 Å². The zero-order valence-corrected chi connectivity index (χ0v) is 22.6. The molecule has 208 valence electrons. The van der Waals surface area contributed by atoms with E-state index in [1.807, 2.05) is 18.3 Å². The second kappa shape index (κ2) is 11.0. The molecule has 0 spiro atoms. The first-order chi connectivity index (χ1) is 19.9. The van der Waals surface area contributed by atoms with E-state index in [4.69, 9.17) is 11.6 Å². The lowest BCUT2D eigenvalue weighted by Crippen LogP contribution is -2.35. The van der Waals surface area contributed by atoms with E-state index >= 15 is 4.39 Å². The molecule has 1 atom stereocenters. The van der Waals surface area contributed by atoms with Crippen molar-refractivity contribution in [2.45, 2.75) is 25.3 Å². The number of pyridine rings is 1. The van der Waals surface area contributed by atoms with Gasteiger partial charge in [0.05, 0.1) is 24.6 Å². The molecule has 1 amide bonds.